The molecule has 2 rings (SSSR count). The maximum Gasteiger partial charge on any atom is 0.340 e. The molecule has 1 aromatic carbocycles. The molecule has 0 bridgehead atoms. The van der Waals surface area contributed by atoms with Gasteiger partial charge in [0.15, 0.2) is 0 Å². The van der Waals surface area contributed by atoms with E-state index in [2.05, 4.69) is 10.3 Å². The minimum absolute atomic E-state index is 0.104. The van der Waals surface area contributed by atoms with Crippen molar-refractivity contribution in [2.24, 2.45) is 0 Å². The number of rotatable bonds is 6. The normalized spacial score (nSPS) is 10.2. The van der Waals surface area contributed by atoms with Crippen LogP contribution in [0.4, 0.5) is 5.69 Å². The van der Waals surface area contributed by atoms with E-state index >= 15 is 0 Å². The average molecular weight is 383 g/mol. The number of benzene rings is 1. The number of carbonyl (C=O) groups excluding carboxylic acids is 2. The first-order chi connectivity index (χ1) is 12.9. The Labute approximate surface area is 162 Å². The zero-order chi connectivity index (χ0) is 20.0. The fraction of sp³-hybridized carbons (Fsp3) is 0.300. The summed E-state index contributed by atoms with van der Waals surface area (Å²) in [5.74, 6) is -0.595. The zero-order valence-electron chi connectivity index (χ0n) is 15.8. The second kappa shape index (κ2) is 9.19. The molecule has 6 nitrogen and oxygen atoms in total. The van der Waals surface area contributed by atoms with E-state index in [0.717, 1.165) is 28.6 Å². The average Bonchev–Trinajstić information content (AvgIpc) is 2.64. The Morgan fingerprint density at radius 2 is 2.04 bits per heavy atom. The number of aromatic nitrogens is 1. The Morgan fingerprint density at radius 1 is 1.30 bits per heavy atom. The summed E-state index contributed by atoms with van der Waals surface area (Å²) in [5.41, 5.74) is 3.85. The molecule has 27 heavy (non-hydrogen) atoms. The van der Waals surface area contributed by atoms with Gasteiger partial charge in [0.05, 0.1) is 29.2 Å². The molecular weight excluding hydrogens is 362 g/mol. The Hall–Kier alpha value is -2.85. The van der Waals surface area contributed by atoms with Crippen LogP contribution in [0.1, 0.15) is 39.7 Å². The highest BCUT2D eigenvalue weighted by Crippen LogP contribution is 2.24. The van der Waals surface area contributed by atoms with Crippen LogP contribution >= 0.6 is 11.8 Å². The van der Waals surface area contributed by atoms with Gasteiger partial charge in [0.2, 0.25) is 5.91 Å². The summed E-state index contributed by atoms with van der Waals surface area (Å²) in [5, 5.41) is 12.6. The zero-order valence-corrected chi connectivity index (χ0v) is 16.6. The molecule has 0 saturated carbocycles. The van der Waals surface area contributed by atoms with Crippen molar-refractivity contribution in [2.45, 2.75) is 32.7 Å². The summed E-state index contributed by atoms with van der Waals surface area (Å²) in [6, 6.07) is 9.21. The molecule has 0 atom stereocenters. The van der Waals surface area contributed by atoms with Crippen molar-refractivity contribution in [3.63, 3.8) is 0 Å². The summed E-state index contributed by atoms with van der Waals surface area (Å²) in [7, 11) is 0. The molecule has 0 aliphatic carbocycles. The number of ether oxygens (including phenoxy) is 1. The smallest absolute Gasteiger partial charge is 0.340 e. The number of anilines is 1. The van der Waals surface area contributed by atoms with Crippen molar-refractivity contribution in [1.29, 1.82) is 5.26 Å². The lowest BCUT2D eigenvalue weighted by molar-refractivity contribution is -0.113. The van der Waals surface area contributed by atoms with Crippen molar-refractivity contribution < 1.29 is 14.3 Å². The highest BCUT2D eigenvalue weighted by Gasteiger charge is 2.17. The number of nitriles is 1. The van der Waals surface area contributed by atoms with Crippen LogP contribution in [0.2, 0.25) is 0 Å². The standard InChI is InChI=1S/C20H21N3O3S/c1-5-26-20(25)16-9-15(10-21)19(22-14(16)4)27-11-18(24)23-17-8-6-7-12(2)13(17)3/h6-9H,5,11H2,1-4H3,(H,23,24). The van der Waals surface area contributed by atoms with Crippen LogP contribution in [-0.2, 0) is 9.53 Å². The van der Waals surface area contributed by atoms with Gasteiger partial charge in [-0.1, -0.05) is 23.9 Å². The molecule has 0 radical (unpaired) electrons. The van der Waals surface area contributed by atoms with Crippen LogP contribution < -0.4 is 5.32 Å². The third-order valence-corrected chi connectivity index (χ3v) is 5.00. The first kappa shape index (κ1) is 20.5. The quantitative estimate of drug-likeness (QED) is 0.603. The predicted octanol–water partition coefficient (Wildman–Crippen LogP) is 3.79. The van der Waals surface area contributed by atoms with Gasteiger partial charge in [-0.15, -0.1) is 0 Å². The van der Waals surface area contributed by atoms with Crippen LogP contribution in [0.25, 0.3) is 0 Å². The molecule has 0 spiro atoms. The SMILES string of the molecule is CCOC(=O)c1cc(C#N)c(SCC(=O)Nc2cccc(C)c2C)nc1C. The van der Waals surface area contributed by atoms with E-state index in [4.69, 9.17) is 4.74 Å². The van der Waals surface area contributed by atoms with Gasteiger partial charge in [0.25, 0.3) is 0 Å². The van der Waals surface area contributed by atoms with E-state index < -0.39 is 5.97 Å². The maximum absolute atomic E-state index is 12.3. The van der Waals surface area contributed by atoms with Crippen LogP contribution in [0.15, 0.2) is 29.3 Å². The maximum atomic E-state index is 12.3. The summed E-state index contributed by atoms with van der Waals surface area (Å²) >= 11 is 1.16. The Balaban J connectivity index is 2.12. The molecule has 0 fully saturated rings. The lowest BCUT2D eigenvalue weighted by atomic mass is 10.1. The summed E-state index contributed by atoms with van der Waals surface area (Å²) < 4.78 is 4.97. The molecular formula is C20H21N3O3S. The number of esters is 1. The minimum atomic E-state index is -0.511. The van der Waals surface area contributed by atoms with Crippen molar-refractivity contribution in [3.05, 3.63) is 52.2 Å². The van der Waals surface area contributed by atoms with Crippen LogP contribution in [-0.4, -0.2) is 29.2 Å². The second-order valence-electron chi connectivity index (χ2n) is 5.89. The van der Waals surface area contributed by atoms with Crippen LogP contribution in [0.3, 0.4) is 0 Å². The topological polar surface area (TPSA) is 92.1 Å². The van der Waals surface area contributed by atoms with E-state index in [9.17, 15) is 14.9 Å². The molecule has 0 unspecified atom stereocenters. The van der Waals surface area contributed by atoms with Crippen molar-refractivity contribution in [1.82, 2.24) is 4.98 Å². The van der Waals surface area contributed by atoms with E-state index in [1.165, 1.54) is 6.07 Å². The lowest BCUT2D eigenvalue weighted by Gasteiger charge is -2.11. The monoisotopic (exact) mass is 383 g/mol. The molecule has 1 N–H and O–H groups in total. The van der Waals surface area contributed by atoms with Gasteiger partial charge in [-0.2, -0.15) is 5.26 Å². The Morgan fingerprint density at radius 3 is 2.70 bits per heavy atom. The highest BCUT2D eigenvalue weighted by molar-refractivity contribution is 8.00. The molecule has 1 heterocycles. The van der Waals surface area contributed by atoms with E-state index in [0.29, 0.717) is 10.7 Å². The molecule has 0 aliphatic rings. The van der Waals surface area contributed by atoms with E-state index in [1.807, 2.05) is 38.1 Å². The summed E-state index contributed by atoms with van der Waals surface area (Å²) in [4.78, 5) is 28.5. The number of carbonyl (C=O) groups is 2. The van der Waals surface area contributed by atoms with Crippen molar-refractivity contribution in [2.75, 3.05) is 17.7 Å². The second-order valence-corrected chi connectivity index (χ2v) is 6.85. The first-order valence-electron chi connectivity index (χ1n) is 8.45. The number of nitrogens with one attached hydrogen (secondary N) is 1. The van der Waals surface area contributed by atoms with Gasteiger partial charge in [-0.05, 0) is 51.0 Å². The van der Waals surface area contributed by atoms with Crippen molar-refractivity contribution in [3.8, 4) is 6.07 Å². The van der Waals surface area contributed by atoms with Crippen LogP contribution in [0.5, 0.6) is 0 Å². The van der Waals surface area contributed by atoms with Gasteiger partial charge in [0, 0.05) is 5.69 Å². The number of pyridine rings is 1. The number of aryl methyl sites for hydroxylation is 2. The molecule has 2 aromatic rings. The van der Waals surface area contributed by atoms with Crippen LogP contribution in [0, 0.1) is 32.1 Å². The number of thioether (sulfide) groups is 1. The minimum Gasteiger partial charge on any atom is -0.462 e. The molecule has 1 amide bonds. The number of hydrogen-bond acceptors (Lipinski definition) is 6. The molecule has 7 heteroatoms. The largest absolute Gasteiger partial charge is 0.462 e. The van der Waals surface area contributed by atoms with Gasteiger partial charge >= 0.3 is 5.97 Å². The lowest BCUT2D eigenvalue weighted by Crippen LogP contribution is -2.15. The number of hydrogen-bond donors (Lipinski definition) is 1. The summed E-state index contributed by atoms with van der Waals surface area (Å²) in [6.07, 6.45) is 0. The van der Waals surface area contributed by atoms with E-state index in [1.54, 1.807) is 13.8 Å². The van der Waals surface area contributed by atoms with Crippen molar-refractivity contribution >= 4 is 29.3 Å². The van der Waals surface area contributed by atoms with Gasteiger partial charge in [0.1, 0.15) is 11.1 Å². The fourth-order valence-electron chi connectivity index (χ4n) is 2.40. The summed E-state index contributed by atoms with van der Waals surface area (Å²) in [6.45, 7) is 7.56. The molecule has 0 saturated heterocycles. The van der Waals surface area contributed by atoms with E-state index in [-0.39, 0.29) is 29.4 Å². The predicted molar refractivity (Wildman–Crippen MR) is 105 cm³/mol. The van der Waals surface area contributed by atoms with Gasteiger partial charge < -0.3 is 10.1 Å². The number of amides is 1. The highest BCUT2D eigenvalue weighted by atomic mass is 32.2. The van der Waals surface area contributed by atoms with Gasteiger partial charge in [-0.3, -0.25) is 4.79 Å². The fourth-order valence-corrected chi connectivity index (χ4v) is 3.20. The molecule has 0 aliphatic heterocycles. The first-order valence-corrected chi connectivity index (χ1v) is 9.43. The third-order valence-electron chi connectivity index (χ3n) is 4.01. The Kier molecular flexibility index (Phi) is 6.97. The number of nitrogens with zero attached hydrogens (tertiary/aromatic N) is 2. The van der Waals surface area contributed by atoms with Gasteiger partial charge in [-0.25, -0.2) is 9.78 Å². The molecule has 1 aromatic heterocycles. The third kappa shape index (κ3) is 5.08. The Bertz CT molecular complexity index is 919. The molecule has 140 valence electrons.